The summed E-state index contributed by atoms with van der Waals surface area (Å²) in [6.07, 6.45) is -0.797. The Morgan fingerprint density at radius 2 is 1.90 bits per heavy atom. The lowest BCUT2D eigenvalue weighted by atomic mass is 10.1. The summed E-state index contributed by atoms with van der Waals surface area (Å²) in [5, 5.41) is 0.554. The van der Waals surface area contributed by atoms with Gasteiger partial charge in [0.2, 0.25) is 6.10 Å². The Labute approximate surface area is 123 Å². The first-order valence-electron chi connectivity index (χ1n) is 6.34. The highest BCUT2D eigenvalue weighted by atomic mass is 35.5. The van der Waals surface area contributed by atoms with E-state index in [2.05, 4.69) is 0 Å². The number of halogens is 1. The maximum Gasteiger partial charge on any atom is 0.352 e. The second-order valence-corrected chi connectivity index (χ2v) is 4.55. The van der Waals surface area contributed by atoms with E-state index in [1.54, 1.807) is 31.2 Å². The van der Waals surface area contributed by atoms with Crippen LogP contribution < -0.4 is 4.74 Å². The molecule has 0 saturated carbocycles. The van der Waals surface area contributed by atoms with E-state index in [1.807, 2.05) is 30.3 Å². The van der Waals surface area contributed by atoms with Gasteiger partial charge in [-0.05, 0) is 25.1 Å². The van der Waals surface area contributed by atoms with E-state index >= 15 is 0 Å². The molecule has 1 unspecified atom stereocenters. The Kier molecular flexibility index (Phi) is 5.02. The second-order valence-electron chi connectivity index (χ2n) is 4.12. The van der Waals surface area contributed by atoms with E-state index < -0.39 is 12.1 Å². The minimum Gasteiger partial charge on any atom is -0.474 e. The first kappa shape index (κ1) is 14.4. The maximum absolute atomic E-state index is 12.1. The summed E-state index contributed by atoms with van der Waals surface area (Å²) in [7, 11) is 0. The van der Waals surface area contributed by atoms with Crippen molar-refractivity contribution in [3.05, 3.63) is 65.2 Å². The Hall–Kier alpha value is -2.00. The van der Waals surface area contributed by atoms with Crippen molar-refractivity contribution >= 4 is 17.6 Å². The smallest absolute Gasteiger partial charge is 0.352 e. The molecule has 3 nitrogen and oxygen atoms in total. The average molecular weight is 291 g/mol. The number of hydrogen-bond acceptors (Lipinski definition) is 3. The van der Waals surface area contributed by atoms with Gasteiger partial charge in [0.05, 0.1) is 6.61 Å². The van der Waals surface area contributed by atoms with Crippen molar-refractivity contribution in [1.29, 1.82) is 0 Å². The van der Waals surface area contributed by atoms with Crippen LogP contribution in [-0.4, -0.2) is 12.6 Å². The molecule has 0 N–H and O–H groups in total. The van der Waals surface area contributed by atoms with E-state index in [1.165, 1.54) is 0 Å². The molecule has 4 heteroatoms. The van der Waals surface area contributed by atoms with Gasteiger partial charge >= 0.3 is 5.97 Å². The fraction of sp³-hybridized carbons (Fsp3) is 0.188. The fourth-order valence-electron chi connectivity index (χ4n) is 1.77. The van der Waals surface area contributed by atoms with Crippen molar-refractivity contribution in [1.82, 2.24) is 0 Å². The van der Waals surface area contributed by atoms with Gasteiger partial charge in [0, 0.05) is 10.6 Å². The lowest BCUT2D eigenvalue weighted by molar-refractivity contribution is -0.151. The number of benzene rings is 2. The van der Waals surface area contributed by atoms with Crippen LogP contribution in [0.1, 0.15) is 18.6 Å². The van der Waals surface area contributed by atoms with Gasteiger partial charge in [-0.1, -0.05) is 48.0 Å². The van der Waals surface area contributed by atoms with Crippen LogP contribution in [0.4, 0.5) is 0 Å². The minimum atomic E-state index is -0.797. The van der Waals surface area contributed by atoms with Crippen LogP contribution >= 0.6 is 11.6 Å². The highest BCUT2D eigenvalue weighted by Gasteiger charge is 2.23. The molecule has 0 amide bonds. The number of carbonyl (C=O) groups excluding carboxylic acids is 1. The summed E-state index contributed by atoms with van der Waals surface area (Å²) in [5.41, 5.74) is 0.742. The van der Waals surface area contributed by atoms with Gasteiger partial charge in [0.25, 0.3) is 0 Å². The average Bonchev–Trinajstić information content (AvgIpc) is 2.46. The van der Waals surface area contributed by atoms with E-state index in [-0.39, 0.29) is 0 Å². The predicted molar refractivity (Wildman–Crippen MR) is 77.9 cm³/mol. The Morgan fingerprint density at radius 1 is 1.15 bits per heavy atom. The van der Waals surface area contributed by atoms with E-state index in [0.29, 0.717) is 17.4 Å². The van der Waals surface area contributed by atoms with Crippen LogP contribution in [0.2, 0.25) is 5.02 Å². The Bertz CT molecular complexity index is 569. The molecule has 0 aromatic heterocycles. The summed E-state index contributed by atoms with van der Waals surface area (Å²) in [5.74, 6) is 0.109. The molecule has 0 heterocycles. The molecule has 0 radical (unpaired) electrons. The number of hydrogen-bond donors (Lipinski definition) is 0. The normalized spacial score (nSPS) is 11.7. The molecule has 0 saturated heterocycles. The monoisotopic (exact) mass is 290 g/mol. The van der Waals surface area contributed by atoms with Crippen molar-refractivity contribution in [3.8, 4) is 5.75 Å². The van der Waals surface area contributed by atoms with Crippen LogP contribution in [0.15, 0.2) is 54.6 Å². The summed E-state index contributed by atoms with van der Waals surface area (Å²) < 4.78 is 10.8. The van der Waals surface area contributed by atoms with Crippen LogP contribution in [0.5, 0.6) is 5.75 Å². The van der Waals surface area contributed by atoms with Gasteiger partial charge in [-0.3, -0.25) is 0 Å². The number of rotatable bonds is 5. The molecule has 0 bridgehead atoms. The number of carbonyl (C=O) groups is 1. The summed E-state index contributed by atoms with van der Waals surface area (Å²) in [6, 6.07) is 16.2. The summed E-state index contributed by atoms with van der Waals surface area (Å²) in [6.45, 7) is 2.07. The minimum absolute atomic E-state index is 0.307. The Balaban J connectivity index is 2.25. The largest absolute Gasteiger partial charge is 0.474 e. The second kappa shape index (κ2) is 6.96. The first-order valence-corrected chi connectivity index (χ1v) is 6.72. The van der Waals surface area contributed by atoms with Gasteiger partial charge in [0.15, 0.2) is 0 Å². The molecule has 0 spiro atoms. The lowest BCUT2D eigenvalue weighted by Gasteiger charge is -2.18. The topological polar surface area (TPSA) is 35.5 Å². The van der Waals surface area contributed by atoms with E-state index in [4.69, 9.17) is 21.1 Å². The van der Waals surface area contributed by atoms with E-state index in [0.717, 1.165) is 5.56 Å². The molecule has 0 fully saturated rings. The number of esters is 1. The third-order valence-corrected chi connectivity index (χ3v) is 2.89. The standard InChI is InChI=1S/C16H15ClO3/c1-2-19-16(18)15(12-7-4-3-5-8-12)20-14-10-6-9-13(17)11-14/h3-11,15H,2H2,1H3. The summed E-state index contributed by atoms with van der Waals surface area (Å²) >= 11 is 5.92. The van der Waals surface area contributed by atoms with Gasteiger partial charge < -0.3 is 9.47 Å². The maximum atomic E-state index is 12.1. The van der Waals surface area contributed by atoms with Crippen molar-refractivity contribution in [2.45, 2.75) is 13.0 Å². The van der Waals surface area contributed by atoms with Crippen LogP contribution in [0, 0.1) is 0 Å². The van der Waals surface area contributed by atoms with Crippen LogP contribution in [-0.2, 0) is 9.53 Å². The third-order valence-electron chi connectivity index (χ3n) is 2.65. The third kappa shape index (κ3) is 3.75. The first-order chi connectivity index (χ1) is 9.70. The van der Waals surface area contributed by atoms with E-state index in [9.17, 15) is 4.79 Å². The molecule has 2 rings (SSSR count). The van der Waals surface area contributed by atoms with Gasteiger partial charge in [-0.15, -0.1) is 0 Å². The van der Waals surface area contributed by atoms with Crippen molar-refractivity contribution < 1.29 is 14.3 Å². The zero-order valence-electron chi connectivity index (χ0n) is 11.1. The fourth-order valence-corrected chi connectivity index (χ4v) is 1.95. The zero-order valence-corrected chi connectivity index (χ0v) is 11.8. The van der Waals surface area contributed by atoms with Gasteiger partial charge in [-0.2, -0.15) is 0 Å². The molecular weight excluding hydrogens is 276 g/mol. The molecule has 0 aliphatic heterocycles. The highest BCUT2D eigenvalue weighted by Crippen LogP contribution is 2.25. The molecule has 0 aliphatic carbocycles. The van der Waals surface area contributed by atoms with Crippen LogP contribution in [0.25, 0.3) is 0 Å². The lowest BCUT2D eigenvalue weighted by Crippen LogP contribution is -2.21. The Morgan fingerprint density at radius 3 is 2.55 bits per heavy atom. The van der Waals surface area contributed by atoms with Gasteiger partial charge in [-0.25, -0.2) is 4.79 Å². The number of ether oxygens (including phenoxy) is 2. The summed E-state index contributed by atoms with van der Waals surface area (Å²) in [4.78, 5) is 12.1. The molecule has 1 atom stereocenters. The molecule has 0 aliphatic rings. The predicted octanol–water partition coefficient (Wildman–Crippen LogP) is 4.02. The van der Waals surface area contributed by atoms with Crippen molar-refractivity contribution in [2.75, 3.05) is 6.61 Å². The van der Waals surface area contributed by atoms with Gasteiger partial charge in [0.1, 0.15) is 5.75 Å². The quantitative estimate of drug-likeness (QED) is 0.780. The van der Waals surface area contributed by atoms with Crippen LogP contribution in [0.3, 0.4) is 0 Å². The van der Waals surface area contributed by atoms with Crippen molar-refractivity contribution in [2.24, 2.45) is 0 Å². The molecule has 20 heavy (non-hydrogen) atoms. The molecular formula is C16H15ClO3. The molecule has 2 aromatic rings. The van der Waals surface area contributed by atoms with Crippen molar-refractivity contribution in [3.63, 3.8) is 0 Å². The zero-order chi connectivity index (χ0) is 14.4. The molecule has 104 valence electrons. The SMILES string of the molecule is CCOC(=O)C(Oc1cccc(Cl)c1)c1ccccc1. The molecule has 2 aromatic carbocycles. The highest BCUT2D eigenvalue weighted by molar-refractivity contribution is 6.30.